The highest BCUT2D eigenvalue weighted by molar-refractivity contribution is 7.17. The minimum Gasteiger partial charge on any atom is -0.337 e. The highest BCUT2D eigenvalue weighted by atomic mass is 32.1. The van der Waals surface area contributed by atoms with Crippen LogP contribution < -0.4 is 5.32 Å². The first-order valence-corrected chi connectivity index (χ1v) is 11.0. The Hall–Kier alpha value is -3.66. The zero-order valence-electron chi connectivity index (χ0n) is 17.4. The Morgan fingerprint density at radius 2 is 2.12 bits per heavy atom. The van der Waals surface area contributed by atoms with Gasteiger partial charge in [0, 0.05) is 48.9 Å². The smallest absolute Gasteiger partial charge is 0.271 e. The highest BCUT2D eigenvalue weighted by Crippen LogP contribution is 2.30. The van der Waals surface area contributed by atoms with E-state index in [2.05, 4.69) is 15.3 Å². The average Bonchev–Trinajstić information content (AvgIpc) is 3.21. The number of rotatable bonds is 5. The molecule has 1 aliphatic heterocycles. The summed E-state index contributed by atoms with van der Waals surface area (Å²) < 4.78 is 0. The van der Waals surface area contributed by atoms with Gasteiger partial charge in [0.15, 0.2) is 0 Å². The van der Waals surface area contributed by atoms with Crippen molar-refractivity contribution in [2.45, 2.75) is 19.8 Å². The van der Waals surface area contributed by atoms with Crippen LogP contribution in [0.5, 0.6) is 0 Å². The summed E-state index contributed by atoms with van der Waals surface area (Å²) in [7, 11) is 0. The Bertz CT molecular complexity index is 1160. The summed E-state index contributed by atoms with van der Waals surface area (Å²) in [5.41, 5.74) is 1.79. The second-order valence-electron chi connectivity index (χ2n) is 7.56. The molecule has 164 valence electrons. The normalized spacial score (nSPS) is 15.9. The van der Waals surface area contributed by atoms with E-state index >= 15 is 0 Å². The van der Waals surface area contributed by atoms with Gasteiger partial charge in [-0.05, 0) is 38.0 Å². The fourth-order valence-electron chi connectivity index (χ4n) is 3.67. The Labute approximate surface area is 188 Å². The molecule has 2 aromatic heterocycles. The van der Waals surface area contributed by atoms with Crippen LogP contribution in [0.15, 0.2) is 48.8 Å². The van der Waals surface area contributed by atoms with Crippen molar-refractivity contribution in [1.29, 1.82) is 0 Å². The Morgan fingerprint density at radius 1 is 1.28 bits per heavy atom. The molecule has 0 radical (unpaired) electrons. The van der Waals surface area contributed by atoms with E-state index in [1.54, 1.807) is 30.3 Å². The van der Waals surface area contributed by atoms with Crippen molar-refractivity contribution in [3.63, 3.8) is 0 Å². The first kappa shape index (κ1) is 21.6. The second-order valence-corrected chi connectivity index (χ2v) is 8.56. The number of thiazole rings is 1. The average molecular weight is 452 g/mol. The maximum absolute atomic E-state index is 13.2. The molecule has 0 aliphatic carbocycles. The number of hydrogen-bond acceptors (Lipinski definition) is 7. The summed E-state index contributed by atoms with van der Waals surface area (Å²) in [6.45, 7) is 2.66. The predicted molar refractivity (Wildman–Crippen MR) is 120 cm³/mol. The van der Waals surface area contributed by atoms with Crippen molar-refractivity contribution in [2.75, 3.05) is 18.4 Å². The summed E-state index contributed by atoms with van der Waals surface area (Å²) >= 11 is 1.32. The van der Waals surface area contributed by atoms with Crippen LogP contribution in [0.4, 0.5) is 11.4 Å². The van der Waals surface area contributed by atoms with Gasteiger partial charge in [-0.1, -0.05) is 6.07 Å². The van der Waals surface area contributed by atoms with Gasteiger partial charge in [-0.15, -0.1) is 11.3 Å². The molecule has 1 fully saturated rings. The lowest BCUT2D eigenvalue weighted by atomic mass is 9.96. The summed E-state index contributed by atoms with van der Waals surface area (Å²) in [6, 6.07) is 9.55. The minimum absolute atomic E-state index is 0.0895. The number of carbonyl (C=O) groups excluding carboxylic acids is 2. The lowest BCUT2D eigenvalue weighted by Gasteiger charge is -2.31. The van der Waals surface area contributed by atoms with Gasteiger partial charge in [-0.2, -0.15) is 0 Å². The lowest BCUT2D eigenvalue weighted by molar-refractivity contribution is -0.384. The summed E-state index contributed by atoms with van der Waals surface area (Å²) in [5, 5.41) is 14.4. The summed E-state index contributed by atoms with van der Waals surface area (Å²) in [6.07, 6.45) is 4.74. The zero-order valence-corrected chi connectivity index (χ0v) is 18.2. The molecule has 3 heterocycles. The van der Waals surface area contributed by atoms with Gasteiger partial charge in [0.25, 0.3) is 11.6 Å². The van der Waals surface area contributed by atoms with E-state index in [1.165, 1.54) is 29.5 Å². The molecule has 1 saturated heterocycles. The van der Waals surface area contributed by atoms with Crippen molar-refractivity contribution in [3.8, 4) is 10.6 Å². The first-order chi connectivity index (χ1) is 15.4. The number of hydrogen-bond donors (Lipinski definition) is 1. The highest BCUT2D eigenvalue weighted by Gasteiger charge is 2.31. The molecular formula is C22H21N5O4S. The topological polar surface area (TPSA) is 118 Å². The number of carbonyl (C=O) groups is 2. The van der Waals surface area contributed by atoms with Crippen LogP contribution in [0.3, 0.4) is 0 Å². The number of anilines is 1. The Kier molecular flexibility index (Phi) is 6.22. The number of amides is 2. The molecule has 1 atom stereocenters. The molecule has 0 spiro atoms. The van der Waals surface area contributed by atoms with E-state index in [4.69, 9.17) is 0 Å². The number of nitro benzene ring substituents is 1. The van der Waals surface area contributed by atoms with Crippen molar-refractivity contribution in [2.24, 2.45) is 5.92 Å². The second kappa shape index (κ2) is 9.23. The van der Waals surface area contributed by atoms with Crippen LogP contribution in [0.25, 0.3) is 10.6 Å². The molecule has 1 unspecified atom stereocenters. The predicted octanol–water partition coefficient (Wildman–Crippen LogP) is 3.91. The molecule has 32 heavy (non-hydrogen) atoms. The van der Waals surface area contributed by atoms with Crippen molar-refractivity contribution < 1.29 is 14.5 Å². The third-order valence-electron chi connectivity index (χ3n) is 5.30. The monoisotopic (exact) mass is 451 g/mol. The molecule has 10 heteroatoms. The standard InChI is InChI=1S/C22H21N5O4S/c1-14-19(32-21(24-14)15-5-3-9-23-12-15)22(29)26-10-4-6-16(13-26)20(28)25-17-7-2-8-18(11-17)27(30)31/h2-3,5,7-9,11-12,16H,4,6,10,13H2,1H3,(H,25,28). The van der Waals surface area contributed by atoms with Crippen molar-refractivity contribution >= 4 is 34.5 Å². The molecule has 3 aromatic rings. The SMILES string of the molecule is Cc1nc(-c2cccnc2)sc1C(=O)N1CCCC(C(=O)Nc2cccc([N+](=O)[O-])c2)C1. The number of non-ortho nitro benzene ring substituents is 1. The van der Waals surface area contributed by atoms with Gasteiger partial charge < -0.3 is 10.2 Å². The van der Waals surface area contributed by atoms with Crippen LogP contribution in [0.2, 0.25) is 0 Å². The number of benzene rings is 1. The third kappa shape index (κ3) is 4.65. The number of aromatic nitrogens is 2. The van der Waals surface area contributed by atoms with Gasteiger partial charge in [0.05, 0.1) is 16.5 Å². The number of aryl methyl sites for hydroxylation is 1. The number of pyridine rings is 1. The fraction of sp³-hybridized carbons (Fsp3) is 0.273. The quantitative estimate of drug-likeness (QED) is 0.464. The number of nitrogens with zero attached hydrogens (tertiary/aromatic N) is 4. The van der Waals surface area contributed by atoms with Gasteiger partial charge in [0.1, 0.15) is 9.88 Å². The molecule has 4 rings (SSSR count). The van der Waals surface area contributed by atoms with E-state index in [9.17, 15) is 19.7 Å². The fourth-order valence-corrected chi connectivity index (χ4v) is 4.69. The molecule has 0 saturated carbocycles. The molecule has 1 aliphatic rings. The van der Waals surface area contributed by atoms with Crippen LogP contribution in [-0.4, -0.2) is 44.7 Å². The van der Waals surface area contributed by atoms with E-state index in [0.717, 1.165) is 10.6 Å². The van der Waals surface area contributed by atoms with Gasteiger partial charge in [-0.25, -0.2) is 4.98 Å². The Balaban J connectivity index is 1.45. The van der Waals surface area contributed by atoms with Gasteiger partial charge in [-0.3, -0.25) is 24.7 Å². The molecule has 1 aromatic carbocycles. The van der Waals surface area contributed by atoms with E-state index in [1.807, 2.05) is 12.1 Å². The number of nitrogens with one attached hydrogen (secondary N) is 1. The van der Waals surface area contributed by atoms with Crippen molar-refractivity contribution in [3.05, 3.63) is 69.5 Å². The lowest BCUT2D eigenvalue weighted by Crippen LogP contribution is -2.43. The van der Waals surface area contributed by atoms with Crippen LogP contribution >= 0.6 is 11.3 Å². The molecular weight excluding hydrogens is 430 g/mol. The zero-order chi connectivity index (χ0) is 22.7. The molecule has 1 N–H and O–H groups in total. The van der Waals surface area contributed by atoms with Crippen molar-refractivity contribution in [1.82, 2.24) is 14.9 Å². The number of piperidine rings is 1. The van der Waals surface area contributed by atoms with Crippen LogP contribution in [-0.2, 0) is 4.79 Å². The molecule has 2 amide bonds. The maximum atomic E-state index is 13.2. The Morgan fingerprint density at radius 3 is 2.88 bits per heavy atom. The van der Waals surface area contributed by atoms with E-state index in [0.29, 0.717) is 42.2 Å². The van der Waals surface area contributed by atoms with Gasteiger partial charge >= 0.3 is 0 Å². The number of likely N-dealkylation sites (tertiary alicyclic amines) is 1. The van der Waals surface area contributed by atoms with Gasteiger partial charge in [0.2, 0.25) is 5.91 Å². The summed E-state index contributed by atoms with van der Waals surface area (Å²) in [5.74, 6) is -0.777. The van der Waals surface area contributed by atoms with Crippen LogP contribution in [0, 0.1) is 23.0 Å². The van der Waals surface area contributed by atoms with E-state index < -0.39 is 10.8 Å². The minimum atomic E-state index is -0.506. The maximum Gasteiger partial charge on any atom is 0.271 e. The summed E-state index contributed by atoms with van der Waals surface area (Å²) in [4.78, 5) is 47.3. The van der Waals surface area contributed by atoms with E-state index in [-0.39, 0.29) is 17.5 Å². The molecule has 9 nitrogen and oxygen atoms in total. The third-order valence-corrected chi connectivity index (χ3v) is 6.50. The van der Waals surface area contributed by atoms with Crippen LogP contribution in [0.1, 0.15) is 28.2 Å². The largest absolute Gasteiger partial charge is 0.337 e. The number of nitro groups is 1. The first-order valence-electron chi connectivity index (χ1n) is 10.1. The molecule has 0 bridgehead atoms.